The van der Waals surface area contributed by atoms with Gasteiger partial charge in [0.1, 0.15) is 0 Å². The smallest absolute Gasteiger partial charge is 0.303 e. The molecule has 3 atom stereocenters. The molecule has 6 rings (SSSR count). The number of aliphatic carboxylic acids is 1. The molecule has 11 nitrogen and oxygen atoms in total. The van der Waals surface area contributed by atoms with E-state index < -0.39 is 12.3 Å². The minimum absolute atomic E-state index is 0.00868. The van der Waals surface area contributed by atoms with E-state index in [1.165, 1.54) is 0 Å². The predicted octanol–water partition coefficient (Wildman–Crippen LogP) is 4.48. The summed E-state index contributed by atoms with van der Waals surface area (Å²) in [6.07, 6.45) is 3.18. The molecular formula is C37H41N5O6. The van der Waals surface area contributed by atoms with Crippen molar-refractivity contribution in [3.8, 4) is 11.1 Å². The molecule has 11 heteroatoms. The molecule has 2 aliphatic heterocycles. The van der Waals surface area contributed by atoms with Crippen molar-refractivity contribution >= 4 is 17.8 Å². The number of aliphatic hydroxyl groups is 1. The van der Waals surface area contributed by atoms with Gasteiger partial charge in [0.05, 0.1) is 25.2 Å². The number of carbonyl (C=O) groups is 2. The lowest BCUT2D eigenvalue weighted by atomic mass is 9.98. The van der Waals surface area contributed by atoms with Gasteiger partial charge in [-0.25, -0.2) is 9.97 Å². The fourth-order valence-corrected chi connectivity index (χ4v) is 6.14. The van der Waals surface area contributed by atoms with Crippen molar-refractivity contribution < 1.29 is 29.3 Å². The van der Waals surface area contributed by atoms with Crippen LogP contribution in [0.2, 0.25) is 0 Å². The molecule has 2 fully saturated rings. The standard InChI is InChI=1S/C37H41N5O6/c43-25-26-8-10-28(11-9-26)33-22-32(24-41-16-18-42(19-17-41)37-38-14-3-15-39-37)47-36(48-33)31-7-2-6-30(21-31)29-5-1-4-27(20-29)23-40-34(44)12-13-35(45)46/h1-11,14-15,20-21,32-33,36,43H,12-13,16-19,22-25H2,(H,40,44)(H,45,46)/t32-,33+,36+/m1/s1. The SMILES string of the molecule is O=C(O)CCC(=O)NCc1cccc(-c2cccc([C@H]3O[C@@H](CN4CCN(c5ncccn5)CC4)C[C@@H](c4ccc(CO)cc4)O3)c2)c1. The highest BCUT2D eigenvalue weighted by molar-refractivity contribution is 5.80. The molecule has 0 radical (unpaired) electrons. The molecule has 48 heavy (non-hydrogen) atoms. The molecule has 0 unspecified atom stereocenters. The number of anilines is 1. The summed E-state index contributed by atoms with van der Waals surface area (Å²) in [5, 5.41) is 21.2. The summed E-state index contributed by atoms with van der Waals surface area (Å²) in [6.45, 7) is 4.52. The van der Waals surface area contributed by atoms with E-state index in [0.717, 1.165) is 72.1 Å². The van der Waals surface area contributed by atoms with Crippen molar-refractivity contribution in [3.05, 3.63) is 114 Å². The highest BCUT2D eigenvalue weighted by atomic mass is 16.7. The summed E-state index contributed by atoms with van der Waals surface area (Å²) < 4.78 is 13.3. The highest BCUT2D eigenvalue weighted by Gasteiger charge is 2.34. The van der Waals surface area contributed by atoms with Crippen LogP contribution in [0, 0.1) is 0 Å². The summed E-state index contributed by atoms with van der Waals surface area (Å²) in [5.74, 6) is -0.525. The Morgan fingerprint density at radius 3 is 2.27 bits per heavy atom. The van der Waals surface area contributed by atoms with Crippen LogP contribution >= 0.6 is 0 Å². The highest BCUT2D eigenvalue weighted by Crippen LogP contribution is 2.39. The number of carboxylic acid groups (broad SMARTS) is 1. The fourth-order valence-electron chi connectivity index (χ4n) is 6.14. The average Bonchev–Trinajstić information content (AvgIpc) is 3.14. The molecule has 0 bridgehead atoms. The lowest BCUT2D eigenvalue weighted by molar-refractivity contribution is -0.253. The fraction of sp³-hybridized carbons (Fsp3) is 0.351. The van der Waals surface area contributed by atoms with Crippen molar-refractivity contribution in [2.24, 2.45) is 0 Å². The number of amides is 1. The Bertz CT molecular complexity index is 1660. The monoisotopic (exact) mass is 651 g/mol. The molecule has 3 heterocycles. The van der Waals surface area contributed by atoms with Crippen molar-refractivity contribution in [2.75, 3.05) is 37.6 Å². The van der Waals surface area contributed by atoms with Gasteiger partial charge in [-0.3, -0.25) is 14.5 Å². The summed E-state index contributed by atoms with van der Waals surface area (Å²) in [6, 6.07) is 25.8. The van der Waals surface area contributed by atoms with E-state index in [1.807, 2.05) is 72.8 Å². The number of nitrogens with zero attached hydrogens (tertiary/aromatic N) is 4. The summed E-state index contributed by atoms with van der Waals surface area (Å²) in [4.78, 5) is 36.3. The molecule has 0 spiro atoms. The van der Waals surface area contributed by atoms with Crippen LogP contribution < -0.4 is 10.2 Å². The molecule has 2 saturated heterocycles. The number of carbonyl (C=O) groups excluding carboxylic acids is 1. The van der Waals surface area contributed by atoms with Gasteiger partial charge in [0.25, 0.3) is 0 Å². The van der Waals surface area contributed by atoms with Crippen molar-refractivity contribution in [1.82, 2.24) is 20.2 Å². The first-order valence-corrected chi connectivity index (χ1v) is 16.4. The normalized spacial score (nSPS) is 19.9. The molecule has 250 valence electrons. The first-order chi connectivity index (χ1) is 23.4. The Morgan fingerprint density at radius 1 is 0.812 bits per heavy atom. The van der Waals surface area contributed by atoms with Gasteiger partial charge in [0, 0.05) is 70.1 Å². The Hall–Kier alpha value is -4.68. The molecule has 0 saturated carbocycles. The number of benzene rings is 3. The van der Waals surface area contributed by atoms with Crippen LogP contribution in [-0.2, 0) is 32.2 Å². The van der Waals surface area contributed by atoms with Crippen LogP contribution in [0.3, 0.4) is 0 Å². The lowest BCUT2D eigenvalue weighted by Crippen LogP contribution is -2.50. The minimum atomic E-state index is -0.993. The predicted molar refractivity (Wildman–Crippen MR) is 180 cm³/mol. The third-order valence-corrected chi connectivity index (χ3v) is 8.76. The van der Waals surface area contributed by atoms with Gasteiger partial charge >= 0.3 is 5.97 Å². The van der Waals surface area contributed by atoms with E-state index in [-0.39, 0.29) is 37.6 Å². The molecule has 4 aromatic rings. The minimum Gasteiger partial charge on any atom is -0.481 e. The van der Waals surface area contributed by atoms with E-state index in [0.29, 0.717) is 13.0 Å². The number of hydrogen-bond donors (Lipinski definition) is 3. The zero-order valence-electron chi connectivity index (χ0n) is 26.8. The second-order valence-electron chi connectivity index (χ2n) is 12.2. The summed E-state index contributed by atoms with van der Waals surface area (Å²) in [7, 11) is 0. The van der Waals surface area contributed by atoms with E-state index in [9.17, 15) is 14.7 Å². The van der Waals surface area contributed by atoms with Crippen LogP contribution in [0.25, 0.3) is 11.1 Å². The van der Waals surface area contributed by atoms with Crippen molar-refractivity contribution in [2.45, 2.75) is 50.9 Å². The maximum atomic E-state index is 12.1. The van der Waals surface area contributed by atoms with E-state index in [2.05, 4.69) is 31.2 Å². The van der Waals surface area contributed by atoms with Gasteiger partial charge in [-0.05, 0) is 46.0 Å². The Morgan fingerprint density at radius 2 is 1.54 bits per heavy atom. The number of rotatable bonds is 12. The van der Waals surface area contributed by atoms with Gasteiger partial charge in [-0.15, -0.1) is 0 Å². The van der Waals surface area contributed by atoms with E-state index >= 15 is 0 Å². The number of hydrogen-bond acceptors (Lipinski definition) is 9. The van der Waals surface area contributed by atoms with Gasteiger partial charge in [-0.1, -0.05) is 60.7 Å². The third kappa shape index (κ3) is 8.81. The number of aromatic nitrogens is 2. The van der Waals surface area contributed by atoms with Crippen LogP contribution in [0.4, 0.5) is 5.95 Å². The number of nitrogens with one attached hydrogen (secondary N) is 1. The maximum absolute atomic E-state index is 12.1. The lowest BCUT2D eigenvalue weighted by Gasteiger charge is -2.40. The molecule has 3 aromatic carbocycles. The van der Waals surface area contributed by atoms with E-state index in [4.69, 9.17) is 14.6 Å². The third-order valence-electron chi connectivity index (χ3n) is 8.76. The van der Waals surface area contributed by atoms with Crippen LogP contribution in [0.5, 0.6) is 0 Å². The quantitative estimate of drug-likeness (QED) is 0.201. The summed E-state index contributed by atoms with van der Waals surface area (Å²) in [5.41, 5.74) is 5.70. The zero-order chi connectivity index (χ0) is 33.3. The molecule has 1 amide bonds. The van der Waals surface area contributed by atoms with Crippen LogP contribution in [0.1, 0.15) is 53.9 Å². The van der Waals surface area contributed by atoms with Gasteiger partial charge < -0.3 is 29.9 Å². The molecule has 2 aliphatic rings. The number of aliphatic hydroxyl groups excluding tert-OH is 1. The summed E-state index contributed by atoms with van der Waals surface area (Å²) >= 11 is 0. The second-order valence-corrected chi connectivity index (χ2v) is 12.2. The topological polar surface area (TPSA) is 137 Å². The van der Waals surface area contributed by atoms with Gasteiger partial charge in [-0.2, -0.15) is 0 Å². The Labute approximate surface area is 280 Å². The maximum Gasteiger partial charge on any atom is 0.303 e. The largest absolute Gasteiger partial charge is 0.481 e. The molecular weight excluding hydrogens is 610 g/mol. The molecule has 1 aromatic heterocycles. The molecule has 0 aliphatic carbocycles. The van der Waals surface area contributed by atoms with Gasteiger partial charge in [0.2, 0.25) is 11.9 Å². The Kier molecular flexibility index (Phi) is 11.0. The average molecular weight is 652 g/mol. The van der Waals surface area contributed by atoms with Crippen LogP contribution in [-0.4, -0.2) is 75.8 Å². The van der Waals surface area contributed by atoms with Crippen molar-refractivity contribution in [3.63, 3.8) is 0 Å². The molecule has 3 N–H and O–H groups in total. The first kappa shape index (κ1) is 33.2. The van der Waals surface area contributed by atoms with Crippen molar-refractivity contribution in [1.29, 1.82) is 0 Å². The zero-order valence-corrected chi connectivity index (χ0v) is 26.8. The van der Waals surface area contributed by atoms with E-state index in [1.54, 1.807) is 12.4 Å². The number of ether oxygens (including phenoxy) is 2. The second kappa shape index (κ2) is 15.9. The number of carboxylic acids is 1. The van der Waals surface area contributed by atoms with Gasteiger partial charge in [0.15, 0.2) is 6.29 Å². The number of piperazine rings is 1. The Balaban J connectivity index is 1.16. The van der Waals surface area contributed by atoms with Crippen LogP contribution in [0.15, 0.2) is 91.3 Å². The first-order valence-electron chi connectivity index (χ1n) is 16.4.